The number of hydrogen-bond donors (Lipinski definition) is 0. The van der Waals surface area contributed by atoms with Crippen molar-refractivity contribution >= 4 is 38.9 Å². The van der Waals surface area contributed by atoms with E-state index in [-0.39, 0.29) is 0 Å². The molecule has 0 aliphatic heterocycles. The van der Waals surface area contributed by atoms with Gasteiger partial charge >= 0.3 is 0 Å². The van der Waals surface area contributed by atoms with E-state index in [4.69, 9.17) is 16.3 Å². The van der Waals surface area contributed by atoms with E-state index in [2.05, 4.69) is 34.1 Å². The van der Waals surface area contributed by atoms with Crippen LogP contribution in [0.1, 0.15) is 4.88 Å². The molecule has 0 unspecified atom stereocenters. The Morgan fingerprint density at radius 3 is 2.48 bits per heavy atom. The van der Waals surface area contributed by atoms with E-state index in [0.29, 0.717) is 17.4 Å². The third kappa shape index (κ3) is 3.67. The molecule has 0 radical (unpaired) electrons. The molecule has 2 aromatic carbocycles. The summed E-state index contributed by atoms with van der Waals surface area (Å²) in [6, 6.07) is 18.1. The third-order valence-corrected chi connectivity index (χ3v) is 5.00. The van der Waals surface area contributed by atoms with Gasteiger partial charge in [-0.2, -0.15) is 0 Å². The number of rotatable bonds is 4. The Kier molecular flexibility index (Phi) is 4.63. The zero-order valence-electron chi connectivity index (χ0n) is 11.1. The second-order valence-electron chi connectivity index (χ2n) is 4.53. The van der Waals surface area contributed by atoms with Gasteiger partial charge < -0.3 is 4.74 Å². The Balaban J connectivity index is 1.75. The standard InChI is InChI=1S/C17H12BrClOS/c18-14-9-15(21-11-14)10-20-17-7-6-13(8-16(17)19)12-4-2-1-3-5-12/h1-9,11H,10H2. The molecule has 0 amide bonds. The van der Waals surface area contributed by atoms with Crippen LogP contribution < -0.4 is 4.74 Å². The van der Waals surface area contributed by atoms with Gasteiger partial charge in [-0.25, -0.2) is 0 Å². The molecule has 21 heavy (non-hydrogen) atoms. The van der Waals surface area contributed by atoms with Crippen LogP contribution in [-0.4, -0.2) is 0 Å². The molecule has 1 nitrogen and oxygen atoms in total. The van der Waals surface area contributed by atoms with E-state index in [1.807, 2.05) is 41.8 Å². The minimum Gasteiger partial charge on any atom is -0.487 e. The van der Waals surface area contributed by atoms with Crippen LogP contribution in [0, 0.1) is 0 Å². The molecule has 0 spiro atoms. The van der Waals surface area contributed by atoms with Gasteiger partial charge in [-0.3, -0.25) is 0 Å². The van der Waals surface area contributed by atoms with Gasteiger partial charge in [0, 0.05) is 14.7 Å². The molecule has 0 aliphatic carbocycles. The molecule has 3 rings (SSSR count). The molecule has 106 valence electrons. The van der Waals surface area contributed by atoms with Crippen LogP contribution in [0.2, 0.25) is 5.02 Å². The smallest absolute Gasteiger partial charge is 0.138 e. The first-order chi connectivity index (χ1) is 10.2. The third-order valence-electron chi connectivity index (χ3n) is 3.03. The topological polar surface area (TPSA) is 9.23 Å². The van der Waals surface area contributed by atoms with E-state index in [1.54, 1.807) is 11.3 Å². The Bertz CT molecular complexity index is 740. The highest BCUT2D eigenvalue weighted by atomic mass is 79.9. The van der Waals surface area contributed by atoms with Crippen LogP contribution in [0.3, 0.4) is 0 Å². The largest absolute Gasteiger partial charge is 0.487 e. The summed E-state index contributed by atoms with van der Waals surface area (Å²) in [7, 11) is 0. The highest BCUT2D eigenvalue weighted by Gasteiger charge is 2.06. The number of halogens is 2. The summed E-state index contributed by atoms with van der Waals surface area (Å²) < 4.78 is 6.86. The fourth-order valence-corrected chi connectivity index (χ4v) is 3.60. The van der Waals surface area contributed by atoms with Crippen molar-refractivity contribution in [1.29, 1.82) is 0 Å². The maximum atomic E-state index is 6.32. The fourth-order valence-electron chi connectivity index (χ4n) is 2.01. The van der Waals surface area contributed by atoms with Crippen LogP contribution in [0.15, 0.2) is 64.5 Å². The fraction of sp³-hybridized carbons (Fsp3) is 0.0588. The van der Waals surface area contributed by atoms with Crippen molar-refractivity contribution in [2.75, 3.05) is 0 Å². The zero-order valence-corrected chi connectivity index (χ0v) is 14.2. The molecule has 0 saturated carbocycles. The van der Waals surface area contributed by atoms with Gasteiger partial charge in [-0.15, -0.1) is 11.3 Å². The normalized spacial score (nSPS) is 10.6. The number of ether oxygens (including phenoxy) is 1. The summed E-state index contributed by atoms with van der Waals surface area (Å²) >= 11 is 11.4. The number of hydrogen-bond acceptors (Lipinski definition) is 2. The van der Waals surface area contributed by atoms with E-state index < -0.39 is 0 Å². The summed E-state index contributed by atoms with van der Waals surface area (Å²) in [5, 5.41) is 2.67. The minimum absolute atomic E-state index is 0.528. The van der Waals surface area contributed by atoms with Gasteiger partial charge in [0.15, 0.2) is 0 Å². The summed E-state index contributed by atoms with van der Waals surface area (Å²) in [5.74, 6) is 0.709. The predicted molar refractivity (Wildman–Crippen MR) is 93.2 cm³/mol. The van der Waals surface area contributed by atoms with E-state index in [9.17, 15) is 0 Å². The average Bonchev–Trinajstić information content (AvgIpc) is 2.92. The van der Waals surface area contributed by atoms with Crippen molar-refractivity contribution in [3.8, 4) is 16.9 Å². The Morgan fingerprint density at radius 1 is 1.00 bits per heavy atom. The van der Waals surface area contributed by atoms with Crippen LogP contribution in [0.4, 0.5) is 0 Å². The van der Waals surface area contributed by atoms with Gasteiger partial charge in [0.25, 0.3) is 0 Å². The van der Waals surface area contributed by atoms with Crippen LogP contribution in [-0.2, 0) is 6.61 Å². The van der Waals surface area contributed by atoms with Crippen molar-refractivity contribution in [3.63, 3.8) is 0 Å². The SMILES string of the molecule is Clc1cc(-c2ccccc2)ccc1OCc1cc(Br)cs1. The Morgan fingerprint density at radius 2 is 1.81 bits per heavy atom. The second kappa shape index (κ2) is 6.65. The van der Waals surface area contributed by atoms with Crippen molar-refractivity contribution in [2.45, 2.75) is 6.61 Å². The summed E-state index contributed by atoms with van der Waals surface area (Å²) in [6.07, 6.45) is 0. The lowest BCUT2D eigenvalue weighted by Gasteiger charge is -2.09. The maximum Gasteiger partial charge on any atom is 0.138 e. The van der Waals surface area contributed by atoms with E-state index >= 15 is 0 Å². The van der Waals surface area contributed by atoms with E-state index in [0.717, 1.165) is 20.5 Å². The first-order valence-corrected chi connectivity index (χ1v) is 8.48. The van der Waals surface area contributed by atoms with Crippen LogP contribution >= 0.6 is 38.9 Å². The molecule has 0 saturated heterocycles. The predicted octanol–water partition coefficient (Wildman–Crippen LogP) is 6.41. The van der Waals surface area contributed by atoms with Crippen LogP contribution in [0.25, 0.3) is 11.1 Å². The van der Waals surface area contributed by atoms with Gasteiger partial charge in [0.2, 0.25) is 0 Å². The summed E-state index contributed by atoms with van der Waals surface area (Å²) in [4.78, 5) is 1.16. The first kappa shape index (κ1) is 14.6. The van der Waals surface area contributed by atoms with Crippen molar-refractivity contribution < 1.29 is 4.74 Å². The van der Waals surface area contributed by atoms with E-state index in [1.165, 1.54) is 0 Å². The Labute approximate surface area is 141 Å². The maximum absolute atomic E-state index is 6.32. The lowest BCUT2D eigenvalue weighted by molar-refractivity contribution is 0.310. The average molecular weight is 380 g/mol. The molecule has 0 aliphatic rings. The number of benzene rings is 2. The molecule has 0 atom stereocenters. The van der Waals surface area contributed by atoms with Crippen molar-refractivity contribution in [2.24, 2.45) is 0 Å². The molecule has 1 heterocycles. The molecule has 4 heteroatoms. The second-order valence-corrected chi connectivity index (χ2v) is 6.85. The first-order valence-electron chi connectivity index (χ1n) is 6.43. The summed E-state index contributed by atoms with van der Waals surface area (Å²) in [5.41, 5.74) is 2.24. The van der Waals surface area contributed by atoms with Gasteiger partial charge in [-0.1, -0.05) is 48.0 Å². The lowest BCUT2D eigenvalue weighted by Crippen LogP contribution is -1.93. The molecule has 3 aromatic rings. The van der Waals surface area contributed by atoms with Gasteiger partial charge in [0.1, 0.15) is 12.4 Å². The van der Waals surface area contributed by atoms with Crippen molar-refractivity contribution in [3.05, 3.63) is 74.3 Å². The van der Waals surface area contributed by atoms with Gasteiger partial charge in [0.05, 0.1) is 5.02 Å². The highest BCUT2D eigenvalue weighted by molar-refractivity contribution is 9.10. The molecular weight excluding hydrogens is 368 g/mol. The molecule has 0 fully saturated rings. The lowest BCUT2D eigenvalue weighted by atomic mass is 10.1. The minimum atomic E-state index is 0.528. The molecule has 0 bridgehead atoms. The molecule has 1 aromatic heterocycles. The van der Waals surface area contributed by atoms with Crippen LogP contribution in [0.5, 0.6) is 5.75 Å². The molecular formula is C17H12BrClOS. The Hall–Kier alpha value is -1.29. The number of thiophene rings is 1. The quantitative estimate of drug-likeness (QED) is 0.509. The highest BCUT2D eigenvalue weighted by Crippen LogP contribution is 2.31. The van der Waals surface area contributed by atoms with Gasteiger partial charge in [-0.05, 0) is 45.3 Å². The van der Waals surface area contributed by atoms with Crippen molar-refractivity contribution in [1.82, 2.24) is 0 Å². The molecule has 0 N–H and O–H groups in total. The zero-order chi connectivity index (χ0) is 14.7. The summed E-state index contributed by atoms with van der Waals surface area (Å²) in [6.45, 7) is 0.528. The monoisotopic (exact) mass is 378 g/mol.